The van der Waals surface area contributed by atoms with E-state index in [1.807, 2.05) is 20.8 Å². The Labute approximate surface area is 109 Å². The van der Waals surface area contributed by atoms with E-state index in [0.717, 1.165) is 0 Å². The number of aromatic hydroxyl groups is 1. The van der Waals surface area contributed by atoms with Crippen molar-refractivity contribution in [1.82, 2.24) is 0 Å². The highest BCUT2D eigenvalue weighted by atomic mass is 79.9. The molecule has 1 rings (SSSR count). The lowest BCUT2D eigenvalue weighted by atomic mass is 9.87. The van der Waals surface area contributed by atoms with Crippen molar-refractivity contribution in [3.8, 4) is 5.75 Å². The van der Waals surface area contributed by atoms with Crippen LogP contribution in [0.15, 0.2) is 22.7 Å². The van der Waals surface area contributed by atoms with E-state index in [4.69, 9.17) is 5.73 Å². The van der Waals surface area contributed by atoms with Gasteiger partial charge in [-0.1, -0.05) is 26.8 Å². The van der Waals surface area contributed by atoms with Crippen molar-refractivity contribution < 1.29 is 9.90 Å². The predicted octanol–water partition coefficient (Wildman–Crippen LogP) is 2.47. The highest BCUT2D eigenvalue weighted by Gasteiger charge is 2.27. The summed E-state index contributed by atoms with van der Waals surface area (Å²) in [5.74, 6) is -0.312. The summed E-state index contributed by atoms with van der Waals surface area (Å²) in [5.41, 5.74) is 5.85. The number of carbonyl (C=O) groups excluding carboxylic acids is 1. The van der Waals surface area contributed by atoms with Crippen molar-refractivity contribution in [1.29, 1.82) is 0 Å². The zero-order valence-electron chi connectivity index (χ0n) is 10.1. The molecule has 0 aliphatic heterocycles. The van der Waals surface area contributed by atoms with Crippen LogP contribution in [0.1, 0.15) is 20.8 Å². The first-order chi connectivity index (χ1) is 7.73. The Morgan fingerprint density at radius 2 is 2.06 bits per heavy atom. The van der Waals surface area contributed by atoms with E-state index in [9.17, 15) is 9.90 Å². The summed E-state index contributed by atoms with van der Waals surface area (Å²) in [7, 11) is 0. The molecule has 0 heterocycles. The van der Waals surface area contributed by atoms with Crippen LogP contribution in [0.2, 0.25) is 0 Å². The lowest BCUT2D eigenvalue weighted by Crippen LogP contribution is -2.45. The van der Waals surface area contributed by atoms with Gasteiger partial charge in [0.1, 0.15) is 0 Å². The van der Waals surface area contributed by atoms with Gasteiger partial charge in [-0.15, -0.1) is 0 Å². The molecule has 0 saturated carbocycles. The van der Waals surface area contributed by atoms with Gasteiger partial charge < -0.3 is 16.2 Å². The van der Waals surface area contributed by atoms with Crippen LogP contribution in [-0.2, 0) is 4.79 Å². The minimum absolute atomic E-state index is 0.00181. The molecule has 1 amide bonds. The Bertz CT molecular complexity index is 427. The Morgan fingerprint density at radius 3 is 2.59 bits per heavy atom. The molecular formula is C12H17BrN2O2. The van der Waals surface area contributed by atoms with Gasteiger partial charge in [0.2, 0.25) is 5.91 Å². The number of halogens is 1. The average molecular weight is 301 g/mol. The van der Waals surface area contributed by atoms with E-state index < -0.39 is 6.04 Å². The number of nitrogens with one attached hydrogen (secondary N) is 1. The molecule has 0 aliphatic carbocycles. The number of carbonyl (C=O) groups is 1. The SMILES string of the molecule is CC(C)(C)[C@@H](N)C(=O)Nc1cccc(Br)c1O. The van der Waals surface area contributed by atoms with E-state index in [1.165, 1.54) is 0 Å². The largest absolute Gasteiger partial charge is 0.505 e. The van der Waals surface area contributed by atoms with Crippen LogP contribution in [0, 0.1) is 5.41 Å². The smallest absolute Gasteiger partial charge is 0.241 e. The number of benzene rings is 1. The zero-order valence-corrected chi connectivity index (χ0v) is 11.7. The fraction of sp³-hybridized carbons (Fsp3) is 0.417. The van der Waals surface area contributed by atoms with E-state index in [1.54, 1.807) is 18.2 Å². The lowest BCUT2D eigenvalue weighted by Gasteiger charge is -2.26. The third-order valence-corrected chi connectivity index (χ3v) is 3.10. The summed E-state index contributed by atoms with van der Waals surface area (Å²) < 4.78 is 0.527. The van der Waals surface area contributed by atoms with Crippen LogP contribution in [0.3, 0.4) is 0 Å². The molecule has 5 heteroatoms. The van der Waals surface area contributed by atoms with E-state index >= 15 is 0 Å². The fourth-order valence-electron chi connectivity index (χ4n) is 1.22. The summed E-state index contributed by atoms with van der Waals surface area (Å²) in [6.45, 7) is 5.66. The van der Waals surface area contributed by atoms with Gasteiger partial charge in [0.15, 0.2) is 5.75 Å². The monoisotopic (exact) mass is 300 g/mol. The van der Waals surface area contributed by atoms with Crippen molar-refractivity contribution in [2.24, 2.45) is 11.1 Å². The molecule has 17 heavy (non-hydrogen) atoms. The fourth-order valence-corrected chi connectivity index (χ4v) is 1.59. The summed E-state index contributed by atoms with van der Waals surface area (Å²) in [4.78, 5) is 11.9. The van der Waals surface area contributed by atoms with Crippen molar-refractivity contribution in [2.45, 2.75) is 26.8 Å². The maximum Gasteiger partial charge on any atom is 0.241 e. The summed E-state index contributed by atoms with van der Waals surface area (Å²) in [6, 6.07) is 4.39. The standard InChI is InChI=1S/C12H17BrN2O2/c1-12(2,3)10(14)11(17)15-8-6-4-5-7(13)9(8)16/h4-6,10,16H,14H2,1-3H3,(H,15,17)/t10-/m0/s1. The van der Waals surface area contributed by atoms with Crippen LogP contribution in [0.25, 0.3) is 0 Å². The van der Waals surface area contributed by atoms with Gasteiger partial charge in [-0.3, -0.25) is 4.79 Å². The molecule has 0 saturated heterocycles. The first kappa shape index (κ1) is 14.0. The Morgan fingerprint density at radius 1 is 1.47 bits per heavy atom. The van der Waals surface area contributed by atoms with Crippen molar-refractivity contribution in [3.05, 3.63) is 22.7 Å². The van der Waals surface area contributed by atoms with E-state index in [0.29, 0.717) is 10.2 Å². The number of hydrogen-bond acceptors (Lipinski definition) is 3. The second-order valence-corrected chi connectivity index (χ2v) is 5.82. The van der Waals surface area contributed by atoms with Crippen LogP contribution in [0.4, 0.5) is 5.69 Å². The average Bonchev–Trinajstić information content (AvgIpc) is 2.22. The van der Waals surface area contributed by atoms with Crippen LogP contribution < -0.4 is 11.1 Å². The molecule has 0 unspecified atom stereocenters. The molecule has 4 nitrogen and oxygen atoms in total. The third-order valence-electron chi connectivity index (χ3n) is 2.46. The van der Waals surface area contributed by atoms with Crippen LogP contribution >= 0.6 is 15.9 Å². The summed E-state index contributed by atoms with van der Waals surface area (Å²) in [6.07, 6.45) is 0. The van der Waals surface area contributed by atoms with Crippen molar-refractivity contribution in [3.63, 3.8) is 0 Å². The maximum absolute atomic E-state index is 11.9. The second-order valence-electron chi connectivity index (χ2n) is 4.97. The first-order valence-electron chi connectivity index (χ1n) is 5.27. The van der Waals surface area contributed by atoms with Gasteiger partial charge in [0, 0.05) is 0 Å². The van der Waals surface area contributed by atoms with Crippen LogP contribution in [0.5, 0.6) is 5.75 Å². The van der Waals surface area contributed by atoms with Gasteiger partial charge in [0.25, 0.3) is 0 Å². The van der Waals surface area contributed by atoms with Gasteiger partial charge in [-0.2, -0.15) is 0 Å². The molecule has 4 N–H and O–H groups in total. The number of para-hydroxylation sites is 1. The van der Waals surface area contributed by atoms with E-state index in [-0.39, 0.29) is 17.1 Å². The van der Waals surface area contributed by atoms with Crippen molar-refractivity contribution >= 4 is 27.5 Å². The molecule has 1 atom stereocenters. The van der Waals surface area contributed by atoms with Gasteiger partial charge in [-0.25, -0.2) is 0 Å². The quantitative estimate of drug-likeness (QED) is 0.735. The zero-order chi connectivity index (χ0) is 13.2. The number of phenols is 1. The number of anilines is 1. The molecule has 0 spiro atoms. The molecule has 0 aliphatic rings. The van der Waals surface area contributed by atoms with E-state index in [2.05, 4.69) is 21.2 Å². The highest BCUT2D eigenvalue weighted by molar-refractivity contribution is 9.10. The first-order valence-corrected chi connectivity index (χ1v) is 6.06. The van der Waals surface area contributed by atoms with Gasteiger partial charge in [0.05, 0.1) is 16.2 Å². The van der Waals surface area contributed by atoms with Crippen molar-refractivity contribution in [2.75, 3.05) is 5.32 Å². The summed E-state index contributed by atoms with van der Waals surface area (Å²) >= 11 is 3.18. The normalized spacial score (nSPS) is 13.2. The van der Waals surface area contributed by atoms with Gasteiger partial charge in [-0.05, 0) is 33.5 Å². The highest BCUT2D eigenvalue weighted by Crippen LogP contribution is 2.32. The molecule has 0 radical (unpaired) electrons. The molecule has 0 aromatic heterocycles. The number of hydrogen-bond donors (Lipinski definition) is 3. The molecule has 94 valence electrons. The molecule has 0 bridgehead atoms. The Balaban J connectivity index is 2.86. The van der Waals surface area contributed by atoms with Gasteiger partial charge >= 0.3 is 0 Å². The predicted molar refractivity (Wildman–Crippen MR) is 71.9 cm³/mol. The summed E-state index contributed by atoms with van der Waals surface area (Å²) in [5, 5.41) is 12.3. The topological polar surface area (TPSA) is 75.4 Å². The Kier molecular flexibility index (Phi) is 4.16. The second kappa shape index (κ2) is 5.06. The lowest BCUT2D eigenvalue weighted by molar-refractivity contribution is -0.119. The number of rotatable bonds is 2. The number of amides is 1. The molecule has 1 aromatic carbocycles. The number of nitrogens with two attached hydrogens (primary N) is 1. The Hall–Kier alpha value is -1.07. The minimum atomic E-state index is -0.638. The molecule has 0 fully saturated rings. The minimum Gasteiger partial charge on any atom is -0.505 e. The molecular weight excluding hydrogens is 284 g/mol. The molecule has 1 aromatic rings. The number of phenolic OH excluding ortho intramolecular Hbond substituents is 1. The third kappa shape index (κ3) is 3.44. The van der Waals surface area contributed by atoms with Crippen LogP contribution in [-0.4, -0.2) is 17.1 Å². The maximum atomic E-state index is 11.9.